The van der Waals surface area contributed by atoms with E-state index in [0.717, 1.165) is 37.8 Å². The molecule has 0 radical (unpaired) electrons. The lowest BCUT2D eigenvalue weighted by molar-refractivity contribution is 0.0526. The number of anilines is 1. The molecule has 0 N–H and O–H groups in total. The maximum atomic E-state index is 11.7. The molecule has 0 amide bonds. The Hall–Kier alpha value is -2.48. The molecule has 0 spiro atoms. The fourth-order valence-corrected chi connectivity index (χ4v) is 2.87. The van der Waals surface area contributed by atoms with Crippen molar-refractivity contribution in [3.8, 4) is 0 Å². The average Bonchev–Trinajstić information content (AvgIpc) is 3.12. The summed E-state index contributed by atoms with van der Waals surface area (Å²) in [5.41, 5.74) is 0.344. The van der Waals surface area contributed by atoms with Crippen LogP contribution in [-0.4, -0.2) is 58.8 Å². The second-order valence-electron chi connectivity index (χ2n) is 7.65. The molecule has 1 aliphatic rings. The molecule has 2 aromatic heterocycles. The lowest BCUT2D eigenvalue weighted by Crippen LogP contribution is -2.46. The monoisotopic (exact) mass is 373 g/mol. The fourth-order valence-electron chi connectivity index (χ4n) is 2.87. The zero-order valence-corrected chi connectivity index (χ0v) is 16.4. The van der Waals surface area contributed by atoms with E-state index in [1.807, 2.05) is 6.07 Å². The van der Waals surface area contributed by atoms with Gasteiger partial charge in [0.15, 0.2) is 5.82 Å². The lowest BCUT2D eigenvalue weighted by atomic mass is 9.97. The Labute approximate surface area is 159 Å². The number of nitrogens with zero attached hydrogens (tertiary/aromatic N) is 5. The lowest BCUT2D eigenvalue weighted by Gasteiger charge is -2.34. The maximum Gasteiger partial charge on any atom is 0.339 e. The van der Waals surface area contributed by atoms with Gasteiger partial charge in [0.2, 0.25) is 5.89 Å². The zero-order valence-electron chi connectivity index (χ0n) is 16.4. The highest BCUT2D eigenvalue weighted by Gasteiger charge is 2.24. The van der Waals surface area contributed by atoms with Crippen LogP contribution in [0, 0.1) is 0 Å². The summed E-state index contributed by atoms with van der Waals surface area (Å²) in [5, 5.41) is 4.10. The summed E-state index contributed by atoms with van der Waals surface area (Å²) in [5.74, 6) is 1.93. The van der Waals surface area contributed by atoms with E-state index in [1.165, 1.54) is 0 Å². The quantitative estimate of drug-likeness (QED) is 0.738. The highest BCUT2D eigenvalue weighted by atomic mass is 16.5. The van der Waals surface area contributed by atoms with Crippen molar-refractivity contribution < 1.29 is 14.1 Å². The van der Waals surface area contributed by atoms with Gasteiger partial charge in [-0.2, -0.15) is 4.98 Å². The predicted molar refractivity (Wildman–Crippen MR) is 101 cm³/mol. The summed E-state index contributed by atoms with van der Waals surface area (Å²) in [6.45, 7) is 12.5. The van der Waals surface area contributed by atoms with Crippen LogP contribution in [0.15, 0.2) is 22.9 Å². The van der Waals surface area contributed by atoms with Gasteiger partial charge in [0.25, 0.3) is 0 Å². The van der Waals surface area contributed by atoms with Gasteiger partial charge in [0.05, 0.1) is 18.7 Å². The molecule has 146 valence electrons. The van der Waals surface area contributed by atoms with Crippen molar-refractivity contribution in [3.05, 3.63) is 35.6 Å². The molecule has 3 rings (SSSR count). The van der Waals surface area contributed by atoms with E-state index in [0.29, 0.717) is 24.6 Å². The largest absolute Gasteiger partial charge is 0.462 e. The first kappa shape index (κ1) is 19.3. The molecule has 3 heterocycles. The number of hydrogen-bond donors (Lipinski definition) is 0. The molecule has 1 fully saturated rings. The molecular formula is C19H27N5O3. The number of carbonyl (C=O) groups is 1. The molecule has 0 aliphatic carbocycles. The van der Waals surface area contributed by atoms with Crippen molar-refractivity contribution in [2.24, 2.45) is 0 Å². The number of carbonyl (C=O) groups excluding carboxylic acids is 1. The summed E-state index contributed by atoms with van der Waals surface area (Å²) in [6, 6.07) is 3.64. The molecule has 0 saturated carbocycles. The van der Waals surface area contributed by atoms with Crippen molar-refractivity contribution in [3.63, 3.8) is 0 Å². The van der Waals surface area contributed by atoms with Gasteiger partial charge in [0.1, 0.15) is 5.82 Å². The number of hydrogen-bond acceptors (Lipinski definition) is 8. The van der Waals surface area contributed by atoms with Crippen LogP contribution in [0.3, 0.4) is 0 Å². The average molecular weight is 373 g/mol. The van der Waals surface area contributed by atoms with Gasteiger partial charge in [-0.05, 0) is 19.1 Å². The Morgan fingerprint density at radius 2 is 1.96 bits per heavy atom. The molecule has 8 heteroatoms. The van der Waals surface area contributed by atoms with E-state index < -0.39 is 0 Å². The van der Waals surface area contributed by atoms with E-state index >= 15 is 0 Å². The van der Waals surface area contributed by atoms with Crippen molar-refractivity contribution >= 4 is 11.8 Å². The first-order chi connectivity index (χ1) is 12.9. The standard InChI is InChI=1S/C19H27N5O3/c1-5-26-17(25)14-6-7-16(20-12-14)24-10-8-23(9-11-24)13-15-21-18(27-22-15)19(2,3)4/h6-7,12H,5,8-11,13H2,1-4H3. The third-order valence-electron chi connectivity index (χ3n) is 4.43. The minimum absolute atomic E-state index is 0.134. The number of pyridine rings is 1. The van der Waals surface area contributed by atoms with Crippen LogP contribution in [0.4, 0.5) is 5.82 Å². The van der Waals surface area contributed by atoms with Gasteiger partial charge < -0.3 is 14.2 Å². The maximum absolute atomic E-state index is 11.7. The van der Waals surface area contributed by atoms with Crippen molar-refractivity contribution in [2.45, 2.75) is 39.7 Å². The Morgan fingerprint density at radius 1 is 1.22 bits per heavy atom. The third kappa shape index (κ3) is 4.82. The van der Waals surface area contributed by atoms with Crippen LogP contribution in [-0.2, 0) is 16.7 Å². The molecule has 1 aliphatic heterocycles. The second-order valence-corrected chi connectivity index (χ2v) is 7.65. The highest BCUT2D eigenvalue weighted by molar-refractivity contribution is 5.89. The van der Waals surface area contributed by atoms with E-state index in [9.17, 15) is 4.79 Å². The second kappa shape index (κ2) is 8.04. The first-order valence-corrected chi connectivity index (χ1v) is 9.30. The number of esters is 1. The van der Waals surface area contributed by atoms with Gasteiger partial charge in [-0.15, -0.1) is 0 Å². The topological polar surface area (TPSA) is 84.6 Å². The SMILES string of the molecule is CCOC(=O)c1ccc(N2CCN(Cc3noc(C(C)(C)C)n3)CC2)nc1. The molecule has 0 aromatic carbocycles. The van der Waals surface area contributed by atoms with Crippen LogP contribution in [0.25, 0.3) is 0 Å². The minimum Gasteiger partial charge on any atom is -0.462 e. The molecule has 0 bridgehead atoms. The van der Waals surface area contributed by atoms with Gasteiger partial charge in [-0.1, -0.05) is 25.9 Å². The Bertz CT molecular complexity index is 758. The summed E-state index contributed by atoms with van der Waals surface area (Å²) in [4.78, 5) is 25.1. The van der Waals surface area contributed by atoms with E-state index in [1.54, 1.807) is 19.2 Å². The molecule has 0 unspecified atom stereocenters. The number of ether oxygens (including phenoxy) is 1. The number of piperazine rings is 1. The predicted octanol–water partition coefficient (Wildman–Crippen LogP) is 2.26. The molecule has 1 saturated heterocycles. The molecule has 0 atom stereocenters. The van der Waals surface area contributed by atoms with Crippen molar-refractivity contribution in [2.75, 3.05) is 37.7 Å². The smallest absolute Gasteiger partial charge is 0.339 e. The first-order valence-electron chi connectivity index (χ1n) is 9.30. The normalized spacial score (nSPS) is 15.8. The molecule has 8 nitrogen and oxygen atoms in total. The van der Waals surface area contributed by atoms with Crippen LogP contribution >= 0.6 is 0 Å². The number of aromatic nitrogens is 3. The zero-order chi connectivity index (χ0) is 19.4. The molecule has 27 heavy (non-hydrogen) atoms. The van der Waals surface area contributed by atoms with Crippen LogP contribution in [0.2, 0.25) is 0 Å². The third-order valence-corrected chi connectivity index (χ3v) is 4.43. The minimum atomic E-state index is -0.337. The summed E-state index contributed by atoms with van der Waals surface area (Å²) in [7, 11) is 0. The van der Waals surface area contributed by atoms with E-state index in [2.05, 4.69) is 45.7 Å². The summed E-state index contributed by atoms with van der Waals surface area (Å²) < 4.78 is 10.4. The molecule has 2 aromatic rings. The molecular weight excluding hydrogens is 346 g/mol. The van der Waals surface area contributed by atoms with E-state index in [4.69, 9.17) is 9.26 Å². The van der Waals surface area contributed by atoms with Gasteiger partial charge in [-0.25, -0.2) is 9.78 Å². The van der Waals surface area contributed by atoms with Crippen LogP contribution in [0.1, 0.15) is 49.8 Å². The fraction of sp³-hybridized carbons (Fsp3) is 0.579. The van der Waals surface area contributed by atoms with Gasteiger partial charge >= 0.3 is 5.97 Å². The van der Waals surface area contributed by atoms with Crippen molar-refractivity contribution in [1.82, 2.24) is 20.0 Å². The van der Waals surface area contributed by atoms with Crippen LogP contribution < -0.4 is 4.90 Å². The Kier molecular flexibility index (Phi) is 5.74. The number of rotatable bonds is 5. The Morgan fingerprint density at radius 3 is 2.52 bits per heavy atom. The van der Waals surface area contributed by atoms with Gasteiger partial charge in [0, 0.05) is 37.8 Å². The Balaban J connectivity index is 1.53. The summed E-state index contributed by atoms with van der Waals surface area (Å²) >= 11 is 0. The van der Waals surface area contributed by atoms with Gasteiger partial charge in [-0.3, -0.25) is 4.90 Å². The van der Waals surface area contributed by atoms with E-state index in [-0.39, 0.29) is 11.4 Å². The highest BCUT2D eigenvalue weighted by Crippen LogP contribution is 2.20. The summed E-state index contributed by atoms with van der Waals surface area (Å²) in [6.07, 6.45) is 1.58. The van der Waals surface area contributed by atoms with Crippen molar-refractivity contribution in [1.29, 1.82) is 0 Å². The van der Waals surface area contributed by atoms with Crippen LogP contribution in [0.5, 0.6) is 0 Å².